The largest absolute Gasteiger partial charge is 0.494 e. The number of fused-ring (bicyclic) bond motifs is 1. The Morgan fingerprint density at radius 2 is 2.19 bits per heavy atom. The minimum atomic E-state index is -0.711. The molecule has 2 heterocycles. The maximum Gasteiger partial charge on any atom is 0.165 e. The van der Waals surface area contributed by atoms with Crippen molar-refractivity contribution in [2.75, 3.05) is 7.11 Å². The van der Waals surface area contributed by atoms with Crippen molar-refractivity contribution in [3.05, 3.63) is 58.9 Å². The van der Waals surface area contributed by atoms with Crippen molar-refractivity contribution in [1.82, 2.24) is 4.98 Å². The highest BCUT2D eigenvalue weighted by Crippen LogP contribution is 2.26. The lowest BCUT2D eigenvalue weighted by molar-refractivity contribution is 0.178. The molecule has 0 saturated carbocycles. The number of rotatable bonds is 4. The van der Waals surface area contributed by atoms with E-state index < -0.39 is 11.9 Å². The van der Waals surface area contributed by atoms with Crippen LogP contribution in [0.2, 0.25) is 0 Å². The molecule has 0 saturated heterocycles. The van der Waals surface area contributed by atoms with Gasteiger partial charge >= 0.3 is 0 Å². The smallest absolute Gasteiger partial charge is 0.165 e. The number of nitrogens with zero attached hydrogens (tertiary/aromatic N) is 1. The molecule has 3 rings (SSSR count). The van der Waals surface area contributed by atoms with E-state index in [1.165, 1.54) is 13.2 Å². The van der Waals surface area contributed by atoms with Gasteiger partial charge in [-0.3, -0.25) is 4.98 Å². The molecule has 0 aliphatic heterocycles. The van der Waals surface area contributed by atoms with Crippen molar-refractivity contribution in [1.29, 1.82) is 0 Å². The molecule has 1 N–H and O–H groups in total. The van der Waals surface area contributed by atoms with Crippen molar-refractivity contribution < 1.29 is 14.2 Å². The number of aliphatic hydroxyl groups is 1. The van der Waals surface area contributed by atoms with E-state index in [0.717, 1.165) is 15.8 Å². The number of ether oxygens (including phenoxy) is 1. The van der Waals surface area contributed by atoms with E-state index in [-0.39, 0.29) is 5.75 Å². The summed E-state index contributed by atoms with van der Waals surface area (Å²) < 4.78 is 19.6. The number of aliphatic hydroxyl groups excluding tert-OH is 1. The highest BCUT2D eigenvalue weighted by molar-refractivity contribution is 7.17. The number of hydrogen-bond donors (Lipinski definition) is 1. The highest BCUT2D eigenvalue weighted by atomic mass is 32.1. The predicted octanol–water partition coefficient (Wildman–Crippen LogP) is 3.72. The quantitative estimate of drug-likeness (QED) is 0.798. The number of halogens is 1. The fraction of sp³-hybridized carbons (Fsp3) is 0.188. The second kappa shape index (κ2) is 5.79. The van der Waals surface area contributed by atoms with E-state index >= 15 is 0 Å². The molecule has 2 aromatic heterocycles. The van der Waals surface area contributed by atoms with Gasteiger partial charge in [0.1, 0.15) is 0 Å². The number of thiophene rings is 1. The third kappa shape index (κ3) is 2.89. The van der Waals surface area contributed by atoms with Crippen LogP contribution in [0.5, 0.6) is 5.75 Å². The maximum atomic E-state index is 13.7. The highest BCUT2D eigenvalue weighted by Gasteiger charge is 2.12. The van der Waals surface area contributed by atoms with Gasteiger partial charge in [-0.15, -0.1) is 11.3 Å². The molecule has 0 spiro atoms. The summed E-state index contributed by atoms with van der Waals surface area (Å²) in [5.41, 5.74) is 2.37. The van der Waals surface area contributed by atoms with Crippen LogP contribution in [-0.4, -0.2) is 17.2 Å². The van der Waals surface area contributed by atoms with Crippen LogP contribution in [0.25, 0.3) is 10.2 Å². The second-order valence-electron chi connectivity index (χ2n) is 4.76. The molecule has 0 aliphatic carbocycles. The van der Waals surface area contributed by atoms with Crippen LogP contribution in [0.4, 0.5) is 4.39 Å². The van der Waals surface area contributed by atoms with Gasteiger partial charge in [-0.05, 0) is 35.2 Å². The molecule has 5 heteroatoms. The number of pyridine rings is 1. The van der Waals surface area contributed by atoms with Crippen molar-refractivity contribution in [2.24, 2.45) is 0 Å². The first kappa shape index (κ1) is 14.0. The van der Waals surface area contributed by atoms with Gasteiger partial charge in [-0.2, -0.15) is 0 Å². The van der Waals surface area contributed by atoms with Crippen LogP contribution < -0.4 is 4.74 Å². The number of aromatic nitrogens is 1. The Kier molecular flexibility index (Phi) is 3.86. The standard InChI is InChI=1S/C16H14FNO2S/c1-20-15-3-2-10(6-12(15)17)7-14(19)11-8-16-13(18-9-11)4-5-21-16/h2-6,8-9,14,19H,7H2,1H3. The Morgan fingerprint density at radius 1 is 1.33 bits per heavy atom. The Labute approximate surface area is 125 Å². The monoisotopic (exact) mass is 303 g/mol. The van der Waals surface area contributed by atoms with E-state index in [4.69, 9.17) is 4.74 Å². The van der Waals surface area contributed by atoms with E-state index in [9.17, 15) is 9.50 Å². The Morgan fingerprint density at radius 3 is 2.95 bits per heavy atom. The van der Waals surface area contributed by atoms with Crippen molar-refractivity contribution >= 4 is 21.6 Å². The SMILES string of the molecule is COc1ccc(CC(O)c2cnc3ccsc3c2)cc1F. The summed E-state index contributed by atoms with van der Waals surface area (Å²) in [5, 5.41) is 12.3. The zero-order valence-electron chi connectivity index (χ0n) is 11.4. The number of methoxy groups -OCH3 is 1. The predicted molar refractivity (Wildman–Crippen MR) is 81.2 cm³/mol. The third-order valence-electron chi connectivity index (χ3n) is 3.35. The normalized spacial score (nSPS) is 12.5. The van der Waals surface area contributed by atoms with Crippen LogP contribution in [0.1, 0.15) is 17.2 Å². The average Bonchev–Trinajstić information content (AvgIpc) is 2.94. The molecule has 3 aromatic rings. The minimum absolute atomic E-state index is 0.204. The summed E-state index contributed by atoms with van der Waals surface area (Å²) in [4.78, 5) is 4.31. The first-order chi connectivity index (χ1) is 10.2. The van der Waals surface area contributed by atoms with Crippen molar-refractivity contribution in [3.8, 4) is 5.75 Å². The van der Waals surface area contributed by atoms with Gasteiger partial charge in [0, 0.05) is 18.2 Å². The summed E-state index contributed by atoms with van der Waals surface area (Å²) in [5.74, 6) is -0.219. The molecule has 0 amide bonds. The summed E-state index contributed by atoms with van der Waals surface area (Å²) in [6.07, 6.45) is 1.29. The van der Waals surface area contributed by atoms with E-state index in [1.54, 1.807) is 29.7 Å². The van der Waals surface area contributed by atoms with E-state index in [1.807, 2.05) is 17.5 Å². The van der Waals surface area contributed by atoms with Crippen LogP contribution in [0.15, 0.2) is 41.9 Å². The molecule has 1 aromatic carbocycles. The average molecular weight is 303 g/mol. The summed E-state index contributed by atoms with van der Waals surface area (Å²) in [7, 11) is 1.43. The van der Waals surface area contributed by atoms with Crippen LogP contribution in [-0.2, 0) is 6.42 Å². The van der Waals surface area contributed by atoms with Crippen molar-refractivity contribution in [2.45, 2.75) is 12.5 Å². The molecule has 1 unspecified atom stereocenters. The van der Waals surface area contributed by atoms with Gasteiger partial charge in [-0.25, -0.2) is 4.39 Å². The maximum absolute atomic E-state index is 13.7. The number of benzene rings is 1. The molecule has 0 bridgehead atoms. The molecule has 0 aliphatic rings. The Balaban J connectivity index is 1.81. The lowest BCUT2D eigenvalue weighted by Crippen LogP contribution is -2.03. The molecule has 3 nitrogen and oxygen atoms in total. The summed E-state index contributed by atoms with van der Waals surface area (Å²) >= 11 is 1.58. The lowest BCUT2D eigenvalue weighted by atomic mass is 10.0. The minimum Gasteiger partial charge on any atom is -0.494 e. The van der Waals surface area contributed by atoms with Gasteiger partial charge in [0.25, 0.3) is 0 Å². The van der Waals surface area contributed by atoms with Gasteiger partial charge in [-0.1, -0.05) is 6.07 Å². The Bertz CT molecular complexity index is 772. The first-order valence-corrected chi connectivity index (χ1v) is 7.39. The summed E-state index contributed by atoms with van der Waals surface area (Å²) in [6, 6.07) is 8.58. The van der Waals surface area contributed by atoms with Gasteiger partial charge in [0.2, 0.25) is 0 Å². The molecular formula is C16H14FNO2S. The molecular weight excluding hydrogens is 289 g/mol. The van der Waals surface area contributed by atoms with E-state index in [2.05, 4.69) is 4.98 Å². The topological polar surface area (TPSA) is 42.4 Å². The summed E-state index contributed by atoms with van der Waals surface area (Å²) in [6.45, 7) is 0. The van der Waals surface area contributed by atoms with Crippen LogP contribution in [0, 0.1) is 5.82 Å². The second-order valence-corrected chi connectivity index (χ2v) is 5.71. The molecule has 21 heavy (non-hydrogen) atoms. The Hall–Kier alpha value is -1.98. The van der Waals surface area contributed by atoms with Crippen LogP contribution >= 0.6 is 11.3 Å². The zero-order valence-corrected chi connectivity index (χ0v) is 12.2. The first-order valence-electron chi connectivity index (χ1n) is 6.51. The molecule has 0 fully saturated rings. The fourth-order valence-electron chi connectivity index (χ4n) is 2.22. The van der Waals surface area contributed by atoms with Gasteiger partial charge in [0.05, 0.1) is 23.4 Å². The van der Waals surface area contributed by atoms with Crippen LogP contribution in [0.3, 0.4) is 0 Å². The number of hydrogen-bond acceptors (Lipinski definition) is 4. The fourth-order valence-corrected chi connectivity index (χ4v) is 3.01. The van der Waals surface area contributed by atoms with Crippen molar-refractivity contribution in [3.63, 3.8) is 0 Å². The lowest BCUT2D eigenvalue weighted by Gasteiger charge is -2.11. The third-order valence-corrected chi connectivity index (χ3v) is 4.21. The molecule has 1 atom stereocenters. The zero-order chi connectivity index (χ0) is 14.8. The molecule has 0 radical (unpaired) electrons. The molecule has 108 valence electrons. The van der Waals surface area contributed by atoms with E-state index in [0.29, 0.717) is 12.0 Å². The van der Waals surface area contributed by atoms with Gasteiger partial charge in [0.15, 0.2) is 11.6 Å². The van der Waals surface area contributed by atoms with Gasteiger partial charge < -0.3 is 9.84 Å².